The Bertz CT molecular complexity index is 140. The molecule has 0 aliphatic rings. The summed E-state index contributed by atoms with van der Waals surface area (Å²) < 4.78 is 0. The Balaban J connectivity index is 3.93. The first-order valence-corrected chi connectivity index (χ1v) is 3.13. The summed E-state index contributed by atoms with van der Waals surface area (Å²) in [6.45, 7) is 3.20. The van der Waals surface area contributed by atoms with Crippen LogP contribution in [0.5, 0.6) is 0 Å². The minimum Gasteiger partial charge on any atom is -0.481 e. The Labute approximate surface area is 60.0 Å². The smallest absolute Gasteiger partial charge is 0.309 e. The molecule has 2 unspecified atom stereocenters. The van der Waals surface area contributed by atoms with Gasteiger partial charge in [0.05, 0.1) is 12.0 Å². The van der Waals surface area contributed by atoms with E-state index in [0.29, 0.717) is 0 Å². The number of rotatable bonds is 3. The van der Waals surface area contributed by atoms with Gasteiger partial charge in [0.2, 0.25) is 0 Å². The fourth-order valence-electron chi connectivity index (χ4n) is 0.510. The zero-order valence-corrected chi connectivity index (χ0v) is 6.11. The summed E-state index contributed by atoms with van der Waals surface area (Å²) in [5.74, 6) is -1.71. The van der Waals surface area contributed by atoms with E-state index in [1.54, 1.807) is 13.0 Å². The molecule has 0 saturated carbocycles. The Morgan fingerprint density at radius 2 is 2.10 bits per heavy atom. The highest BCUT2D eigenvalue weighted by molar-refractivity contribution is 5.70. The number of aliphatic hydroxyl groups is 1. The quantitative estimate of drug-likeness (QED) is 0.571. The monoisotopic (exact) mass is 144 g/mol. The van der Waals surface area contributed by atoms with Crippen molar-refractivity contribution in [2.45, 2.75) is 20.0 Å². The summed E-state index contributed by atoms with van der Waals surface area (Å²) in [5.41, 5.74) is 0. The summed E-state index contributed by atoms with van der Waals surface area (Å²) in [5, 5.41) is 17.4. The van der Waals surface area contributed by atoms with Crippen LogP contribution in [0.25, 0.3) is 0 Å². The summed E-state index contributed by atoms with van der Waals surface area (Å²) in [7, 11) is 0. The van der Waals surface area contributed by atoms with Gasteiger partial charge < -0.3 is 10.2 Å². The second-order valence-electron chi connectivity index (χ2n) is 2.14. The first-order valence-electron chi connectivity index (χ1n) is 3.13. The molecular weight excluding hydrogens is 132 g/mol. The maximum atomic E-state index is 10.2. The van der Waals surface area contributed by atoms with Gasteiger partial charge in [-0.05, 0) is 13.8 Å². The van der Waals surface area contributed by atoms with Gasteiger partial charge in [-0.1, -0.05) is 12.2 Å². The van der Waals surface area contributed by atoms with Gasteiger partial charge in [0.25, 0.3) is 0 Å². The zero-order chi connectivity index (χ0) is 8.15. The van der Waals surface area contributed by atoms with Crippen LogP contribution in [0.3, 0.4) is 0 Å². The van der Waals surface area contributed by atoms with Crippen molar-refractivity contribution < 1.29 is 15.0 Å². The highest BCUT2D eigenvalue weighted by Crippen LogP contribution is 2.03. The van der Waals surface area contributed by atoms with E-state index in [4.69, 9.17) is 10.2 Å². The van der Waals surface area contributed by atoms with Crippen LogP contribution in [-0.4, -0.2) is 22.3 Å². The highest BCUT2D eigenvalue weighted by atomic mass is 16.4. The molecular formula is C7H12O3. The minimum absolute atomic E-state index is 0.726. The van der Waals surface area contributed by atoms with E-state index < -0.39 is 18.0 Å². The lowest BCUT2D eigenvalue weighted by Gasteiger charge is -2.08. The molecule has 10 heavy (non-hydrogen) atoms. The van der Waals surface area contributed by atoms with E-state index in [2.05, 4.69) is 0 Å². The lowest BCUT2D eigenvalue weighted by atomic mass is 10.1. The van der Waals surface area contributed by atoms with E-state index in [-0.39, 0.29) is 0 Å². The molecule has 0 aromatic rings. The third-order valence-corrected chi connectivity index (χ3v) is 1.29. The van der Waals surface area contributed by atoms with Crippen LogP contribution in [0.2, 0.25) is 0 Å². The van der Waals surface area contributed by atoms with Gasteiger partial charge in [-0.15, -0.1) is 0 Å². The van der Waals surface area contributed by atoms with Gasteiger partial charge in [-0.2, -0.15) is 0 Å². The van der Waals surface area contributed by atoms with E-state index in [0.717, 1.165) is 0 Å². The van der Waals surface area contributed by atoms with Gasteiger partial charge >= 0.3 is 5.97 Å². The maximum absolute atomic E-state index is 10.2. The molecule has 0 saturated heterocycles. The molecule has 3 nitrogen and oxygen atoms in total. The van der Waals surface area contributed by atoms with Crippen LogP contribution in [0.1, 0.15) is 13.8 Å². The predicted molar refractivity (Wildman–Crippen MR) is 37.6 cm³/mol. The molecule has 0 heterocycles. The molecule has 0 aromatic heterocycles. The van der Waals surface area contributed by atoms with Crippen LogP contribution in [0.4, 0.5) is 0 Å². The van der Waals surface area contributed by atoms with Crippen molar-refractivity contribution >= 4 is 5.97 Å². The van der Waals surface area contributed by atoms with Crippen molar-refractivity contribution in [3.63, 3.8) is 0 Å². The van der Waals surface area contributed by atoms with Crippen molar-refractivity contribution in [3.05, 3.63) is 12.2 Å². The number of allylic oxidation sites excluding steroid dienone is 1. The molecule has 0 amide bonds. The van der Waals surface area contributed by atoms with Gasteiger partial charge in [-0.3, -0.25) is 4.79 Å². The summed E-state index contributed by atoms with van der Waals surface area (Å²) in [6, 6.07) is 0. The summed E-state index contributed by atoms with van der Waals surface area (Å²) in [4.78, 5) is 10.2. The molecule has 0 radical (unpaired) electrons. The van der Waals surface area contributed by atoms with Gasteiger partial charge in [-0.25, -0.2) is 0 Å². The third kappa shape index (κ3) is 2.64. The van der Waals surface area contributed by atoms with Crippen LogP contribution in [0.15, 0.2) is 12.2 Å². The van der Waals surface area contributed by atoms with Crippen LogP contribution >= 0.6 is 0 Å². The first-order chi connectivity index (χ1) is 4.59. The molecule has 2 N–H and O–H groups in total. The van der Waals surface area contributed by atoms with Crippen LogP contribution < -0.4 is 0 Å². The third-order valence-electron chi connectivity index (χ3n) is 1.29. The molecule has 0 rings (SSSR count). The number of hydrogen-bond acceptors (Lipinski definition) is 2. The highest BCUT2D eigenvalue weighted by Gasteiger charge is 2.17. The molecule has 0 aliphatic carbocycles. The second kappa shape index (κ2) is 4.06. The van der Waals surface area contributed by atoms with Gasteiger partial charge in [0, 0.05) is 0 Å². The van der Waals surface area contributed by atoms with E-state index in [1.165, 1.54) is 13.0 Å². The van der Waals surface area contributed by atoms with Crippen LogP contribution in [0, 0.1) is 5.92 Å². The Morgan fingerprint density at radius 3 is 2.40 bits per heavy atom. The van der Waals surface area contributed by atoms with Gasteiger partial charge in [0.1, 0.15) is 0 Å². The standard InChI is InChI=1S/C7H12O3/c1-3-4-6(8)5(2)7(9)10/h3-6,8H,1-2H3,(H,9,10)/b4-3+. The Kier molecular flexibility index (Phi) is 3.72. The van der Waals surface area contributed by atoms with Crippen molar-refractivity contribution in [2.75, 3.05) is 0 Å². The molecule has 58 valence electrons. The summed E-state index contributed by atoms with van der Waals surface area (Å²) >= 11 is 0. The van der Waals surface area contributed by atoms with Crippen molar-refractivity contribution in [1.82, 2.24) is 0 Å². The van der Waals surface area contributed by atoms with Crippen molar-refractivity contribution in [2.24, 2.45) is 5.92 Å². The second-order valence-corrected chi connectivity index (χ2v) is 2.14. The number of carbonyl (C=O) groups is 1. The SMILES string of the molecule is C/C=C/C(O)C(C)C(=O)O. The number of aliphatic carboxylic acids is 1. The molecule has 0 aliphatic heterocycles. The average Bonchev–Trinajstić information content (AvgIpc) is 1.87. The molecule has 0 aromatic carbocycles. The number of aliphatic hydroxyl groups excluding tert-OH is 1. The number of carboxylic acid groups (broad SMARTS) is 1. The zero-order valence-electron chi connectivity index (χ0n) is 6.11. The molecule has 3 heteroatoms. The van der Waals surface area contributed by atoms with Gasteiger partial charge in [0.15, 0.2) is 0 Å². The van der Waals surface area contributed by atoms with Crippen molar-refractivity contribution in [3.8, 4) is 0 Å². The first kappa shape index (κ1) is 9.17. The summed E-state index contributed by atoms with van der Waals surface area (Å²) in [6.07, 6.45) is 2.21. The molecule has 0 fully saturated rings. The molecule has 0 spiro atoms. The van der Waals surface area contributed by atoms with E-state index in [9.17, 15) is 4.79 Å². The fraction of sp³-hybridized carbons (Fsp3) is 0.571. The normalized spacial score (nSPS) is 17.1. The maximum Gasteiger partial charge on any atom is 0.309 e. The number of carboxylic acids is 1. The lowest BCUT2D eigenvalue weighted by molar-refractivity contribution is -0.143. The molecule has 2 atom stereocenters. The topological polar surface area (TPSA) is 57.5 Å². The van der Waals surface area contributed by atoms with Crippen LogP contribution in [-0.2, 0) is 4.79 Å². The predicted octanol–water partition coefficient (Wildman–Crippen LogP) is 0.644. The Morgan fingerprint density at radius 1 is 1.60 bits per heavy atom. The largest absolute Gasteiger partial charge is 0.481 e. The average molecular weight is 144 g/mol. The fourth-order valence-corrected chi connectivity index (χ4v) is 0.510. The van der Waals surface area contributed by atoms with E-state index in [1.807, 2.05) is 0 Å². The Hall–Kier alpha value is -0.830. The van der Waals surface area contributed by atoms with Crippen molar-refractivity contribution in [1.29, 1.82) is 0 Å². The lowest BCUT2D eigenvalue weighted by Crippen LogP contribution is -2.23. The van der Waals surface area contributed by atoms with E-state index >= 15 is 0 Å². The minimum atomic E-state index is -0.981. The molecule has 0 bridgehead atoms. The number of hydrogen-bond donors (Lipinski definition) is 2.